The van der Waals surface area contributed by atoms with Crippen LogP contribution >= 0.6 is 0 Å². The van der Waals surface area contributed by atoms with Gasteiger partial charge in [-0.05, 0) is 118 Å². The predicted molar refractivity (Wildman–Crippen MR) is 244 cm³/mol. The smallest absolute Gasteiger partial charge is 0.159 e. The Morgan fingerprint density at radius 1 is 0.322 bits per heavy atom. The number of furan rings is 1. The van der Waals surface area contributed by atoms with E-state index in [9.17, 15) is 5.26 Å². The molecule has 4 heteroatoms. The molecule has 0 N–H and O–H groups in total. The Labute approximate surface area is 343 Å². The van der Waals surface area contributed by atoms with Gasteiger partial charge in [0.25, 0.3) is 0 Å². The maximum absolute atomic E-state index is 9.54. The Morgan fingerprint density at radius 2 is 0.695 bits per heavy atom. The van der Waals surface area contributed by atoms with Crippen molar-refractivity contribution in [2.75, 3.05) is 9.80 Å². The lowest BCUT2D eigenvalue weighted by atomic mass is 10.0. The van der Waals surface area contributed by atoms with Gasteiger partial charge in [-0.25, -0.2) is 0 Å². The van der Waals surface area contributed by atoms with Gasteiger partial charge in [0.05, 0.1) is 17.3 Å². The van der Waals surface area contributed by atoms with Gasteiger partial charge in [-0.3, -0.25) is 0 Å². The number of nitrogens with zero attached hydrogens (tertiary/aromatic N) is 3. The van der Waals surface area contributed by atoms with Gasteiger partial charge in [0.15, 0.2) is 5.58 Å². The van der Waals surface area contributed by atoms with Gasteiger partial charge in [-0.15, -0.1) is 0 Å². The van der Waals surface area contributed by atoms with Crippen molar-refractivity contribution in [2.24, 2.45) is 0 Å². The van der Waals surface area contributed by atoms with E-state index >= 15 is 0 Å². The molecule has 278 valence electrons. The van der Waals surface area contributed by atoms with Crippen LogP contribution in [0.5, 0.6) is 0 Å². The number of benzene rings is 9. The van der Waals surface area contributed by atoms with Crippen molar-refractivity contribution in [3.63, 3.8) is 0 Å². The van der Waals surface area contributed by atoms with Crippen LogP contribution < -0.4 is 9.80 Å². The molecule has 0 saturated carbocycles. The molecule has 0 radical (unpaired) electrons. The fraction of sp³-hybridized carbons (Fsp3) is 0. The van der Waals surface area contributed by atoms with Crippen molar-refractivity contribution in [2.45, 2.75) is 0 Å². The van der Waals surface area contributed by atoms with Gasteiger partial charge in [-0.2, -0.15) is 5.26 Å². The van der Waals surface area contributed by atoms with Gasteiger partial charge in [0.1, 0.15) is 5.58 Å². The standard InChI is InChI=1S/C55H37N3O/c56-38-39-18-28-49(29-19-39)58(53-16-9-15-52-51-14-7-8-17-54(51)59-55(52)53)50-36-26-45(27-37-50)44-24-34-48(35-25-44)57(46-30-20-42(21-31-46)40-10-3-1-4-11-40)47-32-22-43(23-33-47)41-12-5-2-6-13-41/h1-37H. The molecular formula is C55H37N3O. The van der Waals surface area contributed by atoms with Crippen molar-refractivity contribution < 1.29 is 4.42 Å². The average molecular weight is 756 g/mol. The molecule has 1 aromatic heterocycles. The van der Waals surface area contributed by atoms with E-state index in [0.29, 0.717) is 5.56 Å². The maximum Gasteiger partial charge on any atom is 0.159 e. The monoisotopic (exact) mass is 755 g/mol. The molecule has 0 saturated heterocycles. The van der Waals surface area contributed by atoms with Crippen LogP contribution in [0.3, 0.4) is 0 Å². The van der Waals surface area contributed by atoms with E-state index in [0.717, 1.165) is 67.2 Å². The van der Waals surface area contributed by atoms with Crippen LogP contribution in [0.1, 0.15) is 5.56 Å². The van der Waals surface area contributed by atoms with E-state index in [2.05, 4.69) is 186 Å². The number of para-hydroxylation sites is 2. The van der Waals surface area contributed by atoms with E-state index in [1.807, 2.05) is 54.6 Å². The van der Waals surface area contributed by atoms with Crippen LogP contribution in [-0.2, 0) is 0 Å². The molecule has 0 fully saturated rings. The Balaban J connectivity index is 0.994. The second kappa shape index (κ2) is 15.4. The highest BCUT2D eigenvalue weighted by Gasteiger charge is 2.20. The molecule has 4 nitrogen and oxygen atoms in total. The van der Waals surface area contributed by atoms with Crippen LogP contribution in [0.25, 0.3) is 55.3 Å². The van der Waals surface area contributed by atoms with Gasteiger partial charge < -0.3 is 14.2 Å². The summed E-state index contributed by atoms with van der Waals surface area (Å²) in [6.07, 6.45) is 0. The topological polar surface area (TPSA) is 43.4 Å². The largest absolute Gasteiger partial charge is 0.454 e. The van der Waals surface area contributed by atoms with Gasteiger partial charge in [0.2, 0.25) is 0 Å². The van der Waals surface area contributed by atoms with Crippen molar-refractivity contribution >= 4 is 56.1 Å². The van der Waals surface area contributed by atoms with Crippen molar-refractivity contribution in [3.05, 3.63) is 230 Å². The van der Waals surface area contributed by atoms with E-state index in [1.165, 1.54) is 22.3 Å². The molecular weight excluding hydrogens is 719 g/mol. The number of anilines is 6. The summed E-state index contributed by atoms with van der Waals surface area (Å²) in [4.78, 5) is 4.51. The fourth-order valence-corrected chi connectivity index (χ4v) is 7.94. The summed E-state index contributed by atoms with van der Waals surface area (Å²) in [6, 6.07) is 80.4. The van der Waals surface area contributed by atoms with Crippen molar-refractivity contribution in [3.8, 4) is 39.4 Å². The fourth-order valence-electron chi connectivity index (χ4n) is 7.94. The molecule has 0 spiro atoms. The Kier molecular flexibility index (Phi) is 9.23. The van der Waals surface area contributed by atoms with E-state index < -0.39 is 0 Å². The zero-order valence-corrected chi connectivity index (χ0v) is 32.1. The molecule has 0 aliphatic carbocycles. The molecule has 0 aliphatic rings. The summed E-state index contributed by atoms with van der Waals surface area (Å²) in [5.41, 5.74) is 15.3. The summed E-state index contributed by atoms with van der Waals surface area (Å²) in [5.74, 6) is 0. The van der Waals surface area contributed by atoms with Crippen LogP contribution in [0.15, 0.2) is 229 Å². The number of hydrogen-bond donors (Lipinski definition) is 0. The van der Waals surface area contributed by atoms with Crippen molar-refractivity contribution in [1.82, 2.24) is 0 Å². The highest BCUT2D eigenvalue weighted by Crippen LogP contribution is 2.43. The van der Waals surface area contributed by atoms with Gasteiger partial charge in [-0.1, -0.05) is 140 Å². The van der Waals surface area contributed by atoms with E-state index in [-0.39, 0.29) is 0 Å². The first kappa shape index (κ1) is 35.3. The van der Waals surface area contributed by atoms with Gasteiger partial charge >= 0.3 is 0 Å². The minimum absolute atomic E-state index is 0.612. The molecule has 0 unspecified atom stereocenters. The molecule has 0 amide bonds. The first-order valence-electron chi connectivity index (χ1n) is 19.7. The second-order valence-corrected chi connectivity index (χ2v) is 14.5. The number of rotatable bonds is 9. The third kappa shape index (κ3) is 6.88. The highest BCUT2D eigenvalue weighted by molar-refractivity contribution is 6.10. The summed E-state index contributed by atoms with van der Waals surface area (Å²) < 4.78 is 6.49. The first-order valence-corrected chi connectivity index (χ1v) is 19.7. The molecule has 9 aromatic carbocycles. The second-order valence-electron chi connectivity index (χ2n) is 14.5. The van der Waals surface area contributed by atoms with Crippen LogP contribution in [0.4, 0.5) is 34.1 Å². The molecule has 10 rings (SSSR count). The third-order valence-electron chi connectivity index (χ3n) is 10.9. The zero-order valence-electron chi connectivity index (χ0n) is 32.1. The van der Waals surface area contributed by atoms with Crippen molar-refractivity contribution in [1.29, 1.82) is 5.26 Å². The normalized spacial score (nSPS) is 11.0. The summed E-state index contributed by atoms with van der Waals surface area (Å²) >= 11 is 0. The lowest BCUT2D eigenvalue weighted by molar-refractivity contribution is 0.669. The lowest BCUT2D eigenvalue weighted by Gasteiger charge is -2.26. The predicted octanol–water partition coefficient (Wildman–Crippen LogP) is 15.4. The molecule has 1 heterocycles. The molecule has 0 atom stereocenters. The SMILES string of the molecule is N#Cc1ccc(N(c2ccc(-c3ccc(N(c4ccc(-c5ccccc5)cc4)c4ccc(-c5ccccc5)cc4)cc3)cc2)c2cccc3c2oc2ccccc23)cc1. The number of nitriles is 1. The number of fused-ring (bicyclic) bond motifs is 3. The van der Waals surface area contributed by atoms with Gasteiger partial charge in [0, 0.05) is 39.2 Å². The Hall–Kier alpha value is -8.13. The zero-order chi connectivity index (χ0) is 39.5. The summed E-state index contributed by atoms with van der Waals surface area (Å²) in [6.45, 7) is 0. The Bertz CT molecular complexity index is 2970. The summed E-state index contributed by atoms with van der Waals surface area (Å²) in [7, 11) is 0. The van der Waals surface area contributed by atoms with E-state index in [1.54, 1.807) is 0 Å². The molecule has 0 bridgehead atoms. The summed E-state index contributed by atoms with van der Waals surface area (Å²) in [5, 5.41) is 11.7. The minimum atomic E-state index is 0.612. The Morgan fingerprint density at radius 3 is 1.15 bits per heavy atom. The van der Waals surface area contributed by atoms with Crippen LogP contribution in [0, 0.1) is 11.3 Å². The highest BCUT2D eigenvalue weighted by atomic mass is 16.3. The van der Waals surface area contributed by atoms with Crippen LogP contribution in [0.2, 0.25) is 0 Å². The first-order chi connectivity index (χ1) is 29.2. The lowest BCUT2D eigenvalue weighted by Crippen LogP contribution is -2.10. The molecule has 0 aliphatic heterocycles. The van der Waals surface area contributed by atoms with Crippen LogP contribution in [-0.4, -0.2) is 0 Å². The average Bonchev–Trinajstić information content (AvgIpc) is 3.71. The minimum Gasteiger partial charge on any atom is -0.454 e. The van der Waals surface area contributed by atoms with E-state index in [4.69, 9.17) is 4.42 Å². The number of hydrogen-bond acceptors (Lipinski definition) is 4. The third-order valence-corrected chi connectivity index (χ3v) is 10.9. The molecule has 10 aromatic rings. The molecule has 59 heavy (non-hydrogen) atoms. The maximum atomic E-state index is 9.54. The quantitative estimate of drug-likeness (QED) is 0.147.